The van der Waals surface area contributed by atoms with Crippen molar-refractivity contribution in [3.05, 3.63) is 41.5 Å². The number of rotatable bonds is 3. The van der Waals surface area contributed by atoms with Crippen molar-refractivity contribution in [3.63, 3.8) is 0 Å². The van der Waals surface area contributed by atoms with Gasteiger partial charge in [-0.2, -0.15) is 4.98 Å². The first kappa shape index (κ1) is 13.5. The SMILES string of the molecule is Cc1noc(C2CN(CC(=O)N3CCc4ccccc43)C2)n1. The highest BCUT2D eigenvalue weighted by molar-refractivity contribution is 5.96. The minimum absolute atomic E-state index is 0.171. The highest BCUT2D eigenvalue weighted by atomic mass is 16.5. The first-order valence-corrected chi connectivity index (χ1v) is 7.61. The Morgan fingerprint density at radius 3 is 2.95 bits per heavy atom. The molecule has 2 aromatic rings. The maximum absolute atomic E-state index is 12.5. The third-order valence-electron chi connectivity index (χ3n) is 4.40. The quantitative estimate of drug-likeness (QED) is 0.856. The smallest absolute Gasteiger partial charge is 0.241 e. The van der Waals surface area contributed by atoms with Gasteiger partial charge in [0.1, 0.15) is 0 Å². The molecule has 1 amide bonds. The molecule has 6 heteroatoms. The average Bonchev–Trinajstić information content (AvgIpc) is 3.08. The Morgan fingerprint density at radius 2 is 2.18 bits per heavy atom. The van der Waals surface area contributed by atoms with E-state index in [9.17, 15) is 4.79 Å². The molecule has 4 rings (SSSR count). The monoisotopic (exact) mass is 298 g/mol. The lowest BCUT2D eigenvalue weighted by Gasteiger charge is -2.37. The molecule has 0 unspecified atom stereocenters. The Kier molecular flexibility index (Phi) is 3.18. The molecule has 0 spiro atoms. The van der Waals surface area contributed by atoms with Gasteiger partial charge in [0, 0.05) is 25.3 Å². The van der Waals surface area contributed by atoms with Crippen LogP contribution in [0, 0.1) is 6.92 Å². The third-order valence-corrected chi connectivity index (χ3v) is 4.40. The second-order valence-corrected chi connectivity index (χ2v) is 5.99. The molecular formula is C16H18N4O2. The summed E-state index contributed by atoms with van der Waals surface area (Å²) in [5, 5.41) is 3.81. The second-order valence-electron chi connectivity index (χ2n) is 5.99. The molecule has 0 saturated carbocycles. The normalized spacial score (nSPS) is 18.3. The van der Waals surface area contributed by atoms with Crippen molar-refractivity contribution in [1.82, 2.24) is 15.0 Å². The van der Waals surface area contributed by atoms with Crippen LogP contribution in [0.3, 0.4) is 0 Å². The summed E-state index contributed by atoms with van der Waals surface area (Å²) in [4.78, 5) is 20.8. The van der Waals surface area contributed by atoms with Gasteiger partial charge in [-0.05, 0) is 25.0 Å². The van der Waals surface area contributed by atoms with E-state index in [4.69, 9.17) is 4.52 Å². The first-order chi connectivity index (χ1) is 10.7. The van der Waals surface area contributed by atoms with Crippen LogP contribution in [0.15, 0.2) is 28.8 Å². The van der Waals surface area contributed by atoms with E-state index >= 15 is 0 Å². The van der Waals surface area contributed by atoms with Gasteiger partial charge in [-0.1, -0.05) is 23.4 Å². The number of anilines is 1. The molecule has 6 nitrogen and oxygen atoms in total. The predicted octanol–water partition coefficient (Wildman–Crippen LogP) is 1.37. The van der Waals surface area contributed by atoms with Crippen molar-refractivity contribution in [2.45, 2.75) is 19.3 Å². The van der Waals surface area contributed by atoms with Crippen molar-refractivity contribution in [1.29, 1.82) is 0 Å². The van der Waals surface area contributed by atoms with Crippen LogP contribution in [0.2, 0.25) is 0 Å². The van der Waals surface area contributed by atoms with Crippen LogP contribution in [0.4, 0.5) is 5.69 Å². The number of nitrogens with zero attached hydrogens (tertiary/aromatic N) is 4. The largest absolute Gasteiger partial charge is 0.339 e. The molecule has 1 fully saturated rings. The number of para-hydroxylation sites is 1. The lowest BCUT2D eigenvalue weighted by Crippen LogP contribution is -2.50. The van der Waals surface area contributed by atoms with Crippen LogP contribution < -0.4 is 4.90 Å². The summed E-state index contributed by atoms with van der Waals surface area (Å²) in [6, 6.07) is 8.14. The first-order valence-electron chi connectivity index (χ1n) is 7.61. The summed E-state index contributed by atoms with van der Waals surface area (Å²) in [7, 11) is 0. The van der Waals surface area contributed by atoms with E-state index in [0.29, 0.717) is 18.3 Å². The molecule has 1 aromatic heterocycles. The fourth-order valence-electron chi connectivity index (χ4n) is 3.21. The fraction of sp³-hybridized carbons (Fsp3) is 0.438. The van der Waals surface area contributed by atoms with Gasteiger partial charge in [-0.15, -0.1) is 0 Å². The zero-order valence-corrected chi connectivity index (χ0v) is 12.5. The van der Waals surface area contributed by atoms with E-state index in [1.165, 1.54) is 5.56 Å². The van der Waals surface area contributed by atoms with Crippen LogP contribution in [0.1, 0.15) is 23.2 Å². The lowest BCUT2D eigenvalue weighted by atomic mass is 10.0. The van der Waals surface area contributed by atoms with E-state index < -0.39 is 0 Å². The van der Waals surface area contributed by atoms with E-state index in [1.807, 2.05) is 30.0 Å². The maximum Gasteiger partial charge on any atom is 0.241 e. The van der Waals surface area contributed by atoms with Crippen LogP contribution >= 0.6 is 0 Å². The number of carbonyl (C=O) groups is 1. The number of carbonyl (C=O) groups excluding carboxylic acids is 1. The van der Waals surface area contributed by atoms with Gasteiger partial charge in [0.15, 0.2) is 5.82 Å². The van der Waals surface area contributed by atoms with Crippen molar-refractivity contribution < 1.29 is 9.32 Å². The molecule has 2 aliphatic heterocycles. The van der Waals surface area contributed by atoms with Gasteiger partial charge >= 0.3 is 0 Å². The Labute approximate surface area is 128 Å². The van der Waals surface area contributed by atoms with Crippen LogP contribution in [0.5, 0.6) is 0 Å². The highest BCUT2D eigenvalue weighted by Gasteiger charge is 2.35. The van der Waals surface area contributed by atoms with E-state index in [-0.39, 0.29) is 11.8 Å². The molecule has 0 aliphatic carbocycles. The molecule has 1 saturated heterocycles. The summed E-state index contributed by atoms with van der Waals surface area (Å²) in [5.74, 6) is 1.79. The number of aromatic nitrogens is 2. The Hall–Kier alpha value is -2.21. The number of fused-ring (bicyclic) bond motifs is 1. The molecule has 2 aliphatic rings. The molecule has 0 N–H and O–H groups in total. The molecule has 0 bridgehead atoms. The zero-order valence-electron chi connectivity index (χ0n) is 12.5. The van der Waals surface area contributed by atoms with Gasteiger partial charge in [-0.3, -0.25) is 9.69 Å². The number of benzene rings is 1. The summed E-state index contributed by atoms with van der Waals surface area (Å²) in [6.07, 6.45) is 0.950. The summed E-state index contributed by atoms with van der Waals surface area (Å²) in [6.45, 7) is 4.68. The number of amides is 1. The minimum atomic E-state index is 0.171. The molecule has 0 atom stereocenters. The van der Waals surface area contributed by atoms with Gasteiger partial charge in [0.25, 0.3) is 0 Å². The lowest BCUT2D eigenvalue weighted by molar-refractivity contribution is -0.120. The van der Waals surface area contributed by atoms with E-state index in [1.54, 1.807) is 0 Å². The molecule has 3 heterocycles. The Bertz CT molecular complexity index is 706. The van der Waals surface area contributed by atoms with Gasteiger partial charge in [0.05, 0.1) is 12.5 Å². The van der Waals surface area contributed by atoms with Gasteiger partial charge < -0.3 is 9.42 Å². The maximum atomic E-state index is 12.5. The summed E-state index contributed by atoms with van der Waals surface area (Å²) < 4.78 is 5.18. The van der Waals surface area contributed by atoms with Crippen LogP contribution in [-0.2, 0) is 11.2 Å². The standard InChI is InChI=1S/C16H18N4O2/c1-11-17-16(22-18-11)13-8-19(9-13)10-15(21)20-7-6-12-4-2-3-5-14(12)20/h2-5,13H,6-10H2,1H3. The van der Waals surface area contributed by atoms with Crippen molar-refractivity contribution in [2.24, 2.45) is 0 Å². The molecule has 1 aromatic carbocycles. The predicted molar refractivity (Wildman–Crippen MR) is 80.7 cm³/mol. The van der Waals surface area contributed by atoms with Crippen LogP contribution in [-0.4, -0.2) is 47.1 Å². The number of hydrogen-bond donors (Lipinski definition) is 0. The highest BCUT2D eigenvalue weighted by Crippen LogP contribution is 2.29. The van der Waals surface area contributed by atoms with E-state index in [0.717, 1.165) is 31.7 Å². The Balaban J connectivity index is 1.35. The molecule has 0 radical (unpaired) electrons. The molecular weight excluding hydrogens is 280 g/mol. The average molecular weight is 298 g/mol. The van der Waals surface area contributed by atoms with Crippen molar-refractivity contribution >= 4 is 11.6 Å². The second kappa shape index (κ2) is 5.21. The fourth-order valence-corrected chi connectivity index (χ4v) is 3.21. The number of hydrogen-bond acceptors (Lipinski definition) is 5. The molecule has 114 valence electrons. The number of likely N-dealkylation sites (tertiary alicyclic amines) is 1. The topological polar surface area (TPSA) is 62.5 Å². The minimum Gasteiger partial charge on any atom is -0.339 e. The van der Waals surface area contributed by atoms with Gasteiger partial charge in [0.2, 0.25) is 11.8 Å². The van der Waals surface area contributed by atoms with Crippen molar-refractivity contribution in [3.8, 4) is 0 Å². The zero-order chi connectivity index (χ0) is 15.1. The summed E-state index contributed by atoms with van der Waals surface area (Å²) in [5.41, 5.74) is 2.33. The van der Waals surface area contributed by atoms with Crippen molar-refractivity contribution in [2.75, 3.05) is 31.1 Å². The van der Waals surface area contributed by atoms with Crippen LogP contribution in [0.25, 0.3) is 0 Å². The van der Waals surface area contributed by atoms with E-state index in [2.05, 4.69) is 21.1 Å². The Morgan fingerprint density at radius 1 is 1.36 bits per heavy atom. The van der Waals surface area contributed by atoms with Gasteiger partial charge in [-0.25, -0.2) is 0 Å². The summed E-state index contributed by atoms with van der Waals surface area (Å²) >= 11 is 0. The third kappa shape index (κ3) is 2.29. The molecule has 22 heavy (non-hydrogen) atoms. The number of aryl methyl sites for hydroxylation is 1.